The number of aromatic nitrogens is 5. The van der Waals surface area contributed by atoms with Crippen LogP contribution in [0, 0.1) is 11.3 Å². The Morgan fingerprint density at radius 1 is 1.52 bits per heavy atom. The minimum Gasteiger partial charge on any atom is -0.481 e. The SMILES string of the molecule is CC1CCC(Cn2nnnc2-c2cncs2)(C(=O)O)CC1. The Morgan fingerprint density at radius 2 is 2.29 bits per heavy atom. The average Bonchev–Trinajstić information content (AvgIpc) is 3.12. The number of carboxylic acids is 1. The molecule has 21 heavy (non-hydrogen) atoms. The van der Waals surface area contributed by atoms with E-state index in [1.54, 1.807) is 16.4 Å². The van der Waals surface area contributed by atoms with Gasteiger partial charge in [-0.25, -0.2) is 4.68 Å². The van der Waals surface area contributed by atoms with E-state index in [9.17, 15) is 9.90 Å². The monoisotopic (exact) mass is 307 g/mol. The zero-order valence-corrected chi connectivity index (χ0v) is 12.6. The van der Waals surface area contributed by atoms with Crippen molar-refractivity contribution >= 4 is 17.3 Å². The van der Waals surface area contributed by atoms with E-state index in [-0.39, 0.29) is 0 Å². The van der Waals surface area contributed by atoms with Gasteiger partial charge in [-0.1, -0.05) is 6.92 Å². The van der Waals surface area contributed by atoms with Crippen LogP contribution in [-0.4, -0.2) is 36.3 Å². The Balaban J connectivity index is 1.88. The smallest absolute Gasteiger partial charge is 0.311 e. The van der Waals surface area contributed by atoms with E-state index in [4.69, 9.17) is 0 Å². The summed E-state index contributed by atoms with van der Waals surface area (Å²) in [5.74, 6) is 0.434. The van der Waals surface area contributed by atoms with Crippen LogP contribution in [0.15, 0.2) is 11.7 Å². The molecule has 2 aromatic rings. The number of nitrogens with zero attached hydrogens (tertiary/aromatic N) is 5. The van der Waals surface area contributed by atoms with Gasteiger partial charge in [0.1, 0.15) is 0 Å². The Bertz CT molecular complexity index is 616. The van der Waals surface area contributed by atoms with Crippen LogP contribution in [-0.2, 0) is 11.3 Å². The van der Waals surface area contributed by atoms with Crippen LogP contribution in [0.3, 0.4) is 0 Å². The first kappa shape index (κ1) is 14.1. The van der Waals surface area contributed by atoms with Crippen LogP contribution in [0.25, 0.3) is 10.7 Å². The number of rotatable bonds is 4. The fourth-order valence-electron chi connectivity index (χ4n) is 2.85. The lowest BCUT2D eigenvalue weighted by Gasteiger charge is -2.35. The third-order valence-electron chi connectivity index (χ3n) is 4.32. The Morgan fingerprint density at radius 3 is 2.90 bits per heavy atom. The fourth-order valence-corrected chi connectivity index (χ4v) is 3.46. The van der Waals surface area contributed by atoms with Gasteiger partial charge in [0.25, 0.3) is 0 Å². The van der Waals surface area contributed by atoms with Gasteiger partial charge in [-0.05, 0) is 42.0 Å². The molecule has 0 unspecified atom stereocenters. The molecule has 1 aliphatic rings. The Hall–Kier alpha value is -1.83. The van der Waals surface area contributed by atoms with Crippen molar-refractivity contribution in [2.75, 3.05) is 0 Å². The van der Waals surface area contributed by atoms with Gasteiger partial charge in [-0.3, -0.25) is 9.78 Å². The summed E-state index contributed by atoms with van der Waals surface area (Å²) in [7, 11) is 0. The summed E-state index contributed by atoms with van der Waals surface area (Å²) in [4.78, 5) is 16.7. The lowest BCUT2D eigenvalue weighted by Crippen LogP contribution is -2.39. The maximum Gasteiger partial charge on any atom is 0.311 e. The van der Waals surface area contributed by atoms with Crippen molar-refractivity contribution in [2.45, 2.75) is 39.2 Å². The molecule has 1 fully saturated rings. The van der Waals surface area contributed by atoms with Crippen molar-refractivity contribution < 1.29 is 9.90 Å². The lowest BCUT2D eigenvalue weighted by atomic mass is 9.71. The highest BCUT2D eigenvalue weighted by Gasteiger charge is 2.42. The molecule has 0 saturated heterocycles. The predicted octanol–water partition coefficient (Wildman–Crippen LogP) is 2.08. The first-order valence-corrected chi connectivity index (χ1v) is 7.87. The van der Waals surface area contributed by atoms with Crippen LogP contribution >= 0.6 is 11.3 Å². The van der Waals surface area contributed by atoms with E-state index >= 15 is 0 Å². The third-order valence-corrected chi connectivity index (χ3v) is 5.09. The van der Waals surface area contributed by atoms with Gasteiger partial charge in [0.15, 0.2) is 5.82 Å². The molecular formula is C13H17N5O2S. The number of carboxylic acid groups (broad SMARTS) is 1. The zero-order chi connectivity index (χ0) is 14.9. The lowest BCUT2D eigenvalue weighted by molar-refractivity contribution is -0.152. The van der Waals surface area contributed by atoms with Gasteiger partial charge in [0.2, 0.25) is 0 Å². The molecule has 2 heterocycles. The first-order valence-electron chi connectivity index (χ1n) is 6.99. The fraction of sp³-hybridized carbons (Fsp3) is 0.615. The molecule has 0 amide bonds. The summed E-state index contributed by atoms with van der Waals surface area (Å²) in [6.45, 7) is 2.49. The summed E-state index contributed by atoms with van der Waals surface area (Å²) in [5.41, 5.74) is 0.949. The van der Waals surface area contributed by atoms with Gasteiger partial charge in [0.05, 0.1) is 22.3 Å². The Labute approximate surface area is 126 Å². The zero-order valence-electron chi connectivity index (χ0n) is 11.8. The van der Waals surface area contributed by atoms with E-state index in [2.05, 4.69) is 27.4 Å². The molecule has 0 spiro atoms. The Kier molecular flexibility index (Phi) is 3.71. The van der Waals surface area contributed by atoms with Crippen LogP contribution in [0.4, 0.5) is 0 Å². The van der Waals surface area contributed by atoms with Crippen molar-refractivity contribution in [3.05, 3.63) is 11.7 Å². The average molecular weight is 307 g/mol. The molecule has 0 aliphatic heterocycles. The number of hydrogen-bond acceptors (Lipinski definition) is 6. The second-order valence-corrected chi connectivity index (χ2v) is 6.68. The maximum absolute atomic E-state index is 11.8. The highest BCUT2D eigenvalue weighted by atomic mass is 32.1. The number of hydrogen-bond donors (Lipinski definition) is 1. The van der Waals surface area contributed by atoms with Crippen molar-refractivity contribution in [3.8, 4) is 10.7 Å². The van der Waals surface area contributed by atoms with E-state index in [1.807, 2.05) is 0 Å². The molecule has 1 saturated carbocycles. The molecule has 0 atom stereocenters. The number of tetrazole rings is 1. The van der Waals surface area contributed by atoms with Gasteiger partial charge in [-0.15, -0.1) is 16.4 Å². The summed E-state index contributed by atoms with van der Waals surface area (Å²) >= 11 is 1.44. The number of thiazole rings is 1. The van der Waals surface area contributed by atoms with Gasteiger partial charge in [0, 0.05) is 6.20 Å². The van der Waals surface area contributed by atoms with Gasteiger partial charge >= 0.3 is 5.97 Å². The molecule has 7 nitrogen and oxygen atoms in total. The molecule has 8 heteroatoms. The quantitative estimate of drug-likeness (QED) is 0.929. The standard InChI is InChI=1S/C13H17N5O2S/c1-9-2-4-13(5-3-9,12(19)20)7-18-11(15-16-17-18)10-6-14-8-21-10/h6,8-9H,2-5,7H2,1H3,(H,19,20). The molecular weight excluding hydrogens is 290 g/mol. The second-order valence-electron chi connectivity index (χ2n) is 5.79. The number of aliphatic carboxylic acids is 1. The summed E-state index contributed by atoms with van der Waals surface area (Å²) < 4.78 is 1.61. The van der Waals surface area contributed by atoms with Crippen molar-refractivity contribution in [1.82, 2.24) is 25.2 Å². The summed E-state index contributed by atoms with van der Waals surface area (Å²) in [5, 5.41) is 21.4. The van der Waals surface area contributed by atoms with E-state index in [1.165, 1.54) is 11.3 Å². The summed E-state index contributed by atoms with van der Waals surface area (Å²) in [6, 6.07) is 0. The minimum absolute atomic E-state index is 0.315. The third kappa shape index (κ3) is 2.67. The summed E-state index contributed by atoms with van der Waals surface area (Å²) in [6.07, 6.45) is 4.91. The van der Waals surface area contributed by atoms with Crippen LogP contribution in [0.2, 0.25) is 0 Å². The minimum atomic E-state index is -0.763. The van der Waals surface area contributed by atoms with Gasteiger partial charge in [-0.2, -0.15) is 0 Å². The molecule has 1 N–H and O–H groups in total. The predicted molar refractivity (Wildman–Crippen MR) is 76.6 cm³/mol. The largest absolute Gasteiger partial charge is 0.481 e. The first-order chi connectivity index (χ1) is 10.1. The van der Waals surface area contributed by atoms with E-state index in [0.29, 0.717) is 31.1 Å². The molecule has 3 rings (SSSR count). The van der Waals surface area contributed by atoms with Crippen LogP contribution in [0.1, 0.15) is 32.6 Å². The van der Waals surface area contributed by atoms with E-state index < -0.39 is 11.4 Å². The second kappa shape index (κ2) is 5.51. The molecule has 0 radical (unpaired) electrons. The normalized spacial score (nSPS) is 25.9. The van der Waals surface area contributed by atoms with Crippen LogP contribution < -0.4 is 0 Å². The van der Waals surface area contributed by atoms with Crippen molar-refractivity contribution in [1.29, 1.82) is 0 Å². The molecule has 0 aromatic carbocycles. The topological polar surface area (TPSA) is 93.8 Å². The van der Waals surface area contributed by atoms with Crippen molar-refractivity contribution in [2.24, 2.45) is 11.3 Å². The highest BCUT2D eigenvalue weighted by Crippen LogP contribution is 2.41. The van der Waals surface area contributed by atoms with Gasteiger partial charge < -0.3 is 5.11 Å². The maximum atomic E-state index is 11.8. The number of carbonyl (C=O) groups is 1. The van der Waals surface area contributed by atoms with Crippen molar-refractivity contribution in [3.63, 3.8) is 0 Å². The molecule has 112 valence electrons. The van der Waals surface area contributed by atoms with E-state index in [0.717, 1.165) is 17.7 Å². The molecule has 0 bridgehead atoms. The molecule has 2 aromatic heterocycles. The van der Waals surface area contributed by atoms with Crippen LogP contribution in [0.5, 0.6) is 0 Å². The highest BCUT2D eigenvalue weighted by molar-refractivity contribution is 7.13. The molecule has 1 aliphatic carbocycles.